The van der Waals surface area contributed by atoms with Gasteiger partial charge in [-0.3, -0.25) is 0 Å². The summed E-state index contributed by atoms with van der Waals surface area (Å²) in [5, 5.41) is 4.42. The van der Waals surface area contributed by atoms with Gasteiger partial charge >= 0.3 is 0 Å². The van der Waals surface area contributed by atoms with Crippen LogP contribution in [0.4, 0.5) is 0 Å². The second-order valence-corrected chi connectivity index (χ2v) is 4.34. The Morgan fingerprint density at radius 2 is 1.74 bits per heavy atom. The minimum Gasteiger partial charge on any atom is -0.489 e. The molecule has 4 heteroatoms. The van der Waals surface area contributed by atoms with Crippen molar-refractivity contribution < 1.29 is 9.57 Å². The van der Waals surface area contributed by atoms with Gasteiger partial charge in [0.05, 0.1) is 6.21 Å². The van der Waals surface area contributed by atoms with E-state index in [-0.39, 0.29) is 0 Å². The van der Waals surface area contributed by atoms with Crippen molar-refractivity contribution >= 4 is 17.8 Å². The summed E-state index contributed by atoms with van der Waals surface area (Å²) in [7, 11) is 1.51. The van der Waals surface area contributed by atoms with Crippen LogP contribution in [0.3, 0.4) is 0 Å². The summed E-state index contributed by atoms with van der Waals surface area (Å²) in [5.74, 6) is 0.810. The van der Waals surface area contributed by atoms with Crippen molar-refractivity contribution in [3.05, 3.63) is 64.7 Å². The van der Waals surface area contributed by atoms with E-state index >= 15 is 0 Å². The third-order valence-corrected chi connectivity index (χ3v) is 2.76. The van der Waals surface area contributed by atoms with Crippen LogP contribution in [0.2, 0.25) is 5.02 Å². The molecule has 19 heavy (non-hydrogen) atoms. The Hall–Kier alpha value is -2.00. The lowest BCUT2D eigenvalue weighted by Gasteiger charge is -2.06. The van der Waals surface area contributed by atoms with Crippen LogP contribution in [0.1, 0.15) is 11.1 Å². The van der Waals surface area contributed by atoms with Crippen LogP contribution in [0.25, 0.3) is 0 Å². The zero-order valence-electron chi connectivity index (χ0n) is 10.5. The lowest BCUT2D eigenvalue weighted by molar-refractivity contribution is 0.215. The number of oxime groups is 1. The number of ether oxygens (including phenoxy) is 1. The first-order valence-electron chi connectivity index (χ1n) is 5.82. The molecule has 2 aromatic carbocycles. The van der Waals surface area contributed by atoms with Crippen LogP contribution in [0, 0.1) is 0 Å². The fourth-order valence-electron chi connectivity index (χ4n) is 1.51. The van der Waals surface area contributed by atoms with Gasteiger partial charge in [-0.1, -0.05) is 28.9 Å². The van der Waals surface area contributed by atoms with E-state index < -0.39 is 0 Å². The van der Waals surface area contributed by atoms with Crippen LogP contribution in [-0.2, 0) is 11.4 Å². The maximum atomic E-state index is 5.82. The van der Waals surface area contributed by atoms with Crippen LogP contribution >= 0.6 is 11.6 Å². The molecule has 2 rings (SSSR count). The molecule has 0 aliphatic heterocycles. The predicted molar refractivity (Wildman–Crippen MR) is 76.8 cm³/mol. The Labute approximate surface area is 117 Å². The molecule has 0 unspecified atom stereocenters. The number of halogens is 1. The summed E-state index contributed by atoms with van der Waals surface area (Å²) >= 11 is 5.82. The highest BCUT2D eigenvalue weighted by Crippen LogP contribution is 2.15. The molecule has 0 fully saturated rings. The highest BCUT2D eigenvalue weighted by Gasteiger charge is 1.97. The quantitative estimate of drug-likeness (QED) is 0.612. The van der Waals surface area contributed by atoms with Gasteiger partial charge in [-0.05, 0) is 47.5 Å². The van der Waals surface area contributed by atoms with Gasteiger partial charge in [0.2, 0.25) is 0 Å². The Morgan fingerprint density at radius 3 is 2.37 bits per heavy atom. The summed E-state index contributed by atoms with van der Waals surface area (Å²) in [4.78, 5) is 4.62. The average Bonchev–Trinajstić information content (AvgIpc) is 2.46. The largest absolute Gasteiger partial charge is 0.489 e. The molecular formula is C15H14ClNO2. The van der Waals surface area contributed by atoms with Crippen LogP contribution in [0.5, 0.6) is 5.75 Å². The minimum atomic E-state index is 0.517. The molecule has 0 aliphatic rings. The van der Waals surface area contributed by atoms with E-state index in [9.17, 15) is 0 Å². The summed E-state index contributed by atoms with van der Waals surface area (Å²) in [6.07, 6.45) is 1.64. The van der Waals surface area contributed by atoms with Crippen molar-refractivity contribution in [2.45, 2.75) is 6.61 Å². The van der Waals surface area contributed by atoms with Gasteiger partial charge in [0.25, 0.3) is 0 Å². The van der Waals surface area contributed by atoms with Crippen molar-refractivity contribution in [3.63, 3.8) is 0 Å². The number of hydrogen-bond acceptors (Lipinski definition) is 3. The van der Waals surface area contributed by atoms with Crippen molar-refractivity contribution in [2.24, 2.45) is 5.16 Å². The molecule has 98 valence electrons. The van der Waals surface area contributed by atoms with Gasteiger partial charge in [0, 0.05) is 5.02 Å². The Kier molecular flexibility index (Phi) is 4.81. The normalized spacial score (nSPS) is 10.6. The van der Waals surface area contributed by atoms with Gasteiger partial charge < -0.3 is 9.57 Å². The van der Waals surface area contributed by atoms with Crippen molar-refractivity contribution in [1.82, 2.24) is 0 Å². The SMILES string of the molecule is CON=Cc1ccc(OCc2ccc(Cl)cc2)cc1. The van der Waals surface area contributed by atoms with E-state index in [0.717, 1.165) is 21.9 Å². The minimum absolute atomic E-state index is 0.517. The number of benzene rings is 2. The number of hydrogen-bond donors (Lipinski definition) is 0. The standard InChI is InChI=1S/C15H14ClNO2/c1-18-17-10-12-4-8-15(9-5-12)19-11-13-2-6-14(16)7-3-13/h2-10H,11H2,1H3. The van der Waals surface area contributed by atoms with Crippen LogP contribution in [0.15, 0.2) is 53.7 Å². The molecule has 0 N–H and O–H groups in total. The fraction of sp³-hybridized carbons (Fsp3) is 0.133. The van der Waals surface area contributed by atoms with Gasteiger partial charge in [-0.15, -0.1) is 0 Å². The molecule has 3 nitrogen and oxygen atoms in total. The molecule has 0 aliphatic carbocycles. The topological polar surface area (TPSA) is 30.8 Å². The Bertz CT molecular complexity index is 535. The third-order valence-electron chi connectivity index (χ3n) is 2.51. The summed E-state index contributed by atoms with van der Waals surface area (Å²) in [6.45, 7) is 0.517. The molecule has 0 aromatic heterocycles. The molecule has 2 aromatic rings. The van der Waals surface area contributed by atoms with Crippen LogP contribution < -0.4 is 4.74 Å². The first-order chi connectivity index (χ1) is 9.28. The van der Waals surface area contributed by atoms with E-state index in [0.29, 0.717) is 6.61 Å². The molecule has 0 bridgehead atoms. The lowest BCUT2D eigenvalue weighted by atomic mass is 10.2. The van der Waals surface area contributed by atoms with Gasteiger partial charge in [0.15, 0.2) is 0 Å². The molecule has 0 amide bonds. The zero-order valence-corrected chi connectivity index (χ0v) is 11.3. The fourth-order valence-corrected chi connectivity index (χ4v) is 1.64. The molecule has 0 atom stereocenters. The summed E-state index contributed by atoms with van der Waals surface area (Å²) < 4.78 is 5.67. The smallest absolute Gasteiger partial charge is 0.119 e. The zero-order chi connectivity index (χ0) is 13.5. The Morgan fingerprint density at radius 1 is 1.05 bits per heavy atom. The molecule has 0 saturated carbocycles. The van der Waals surface area contributed by atoms with E-state index in [1.165, 1.54) is 7.11 Å². The predicted octanol–water partition coefficient (Wildman–Crippen LogP) is 3.90. The van der Waals surface area contributed by atoms with E-state index in [2.05, 4.69) is 9.99 Å². The van der Waals surface area contributed by atoms with E-state index in [1.54, 1.807) is 6.21 Å². The third kappa shape index (κ3) is 4.30. The van der Waals surface area contributed by atoms with Gasteiger partial charge in [-0.25, -0.2) is 0 Å². The second-order valence-electron chi connectivity index (χ2n) is 3.90. The Balaban J connectivity index is 1.92. The maximum Gasteiger partial charge on any atom is 0.119 e. The van der Waals surface area contributed by atoms with Gasteiger partial charge in [-0.2, -0.15) is 0 Å². The lowest BCUT2D eigenvalue weighted by Crippen LogP contribution is -1.95. The second kappa shape index (κ2) is 6.81. The van der Waals surface area contributed by atoms with Crippen molar-refractivity contribution in [1.29, 1.82) is 0 Å². The molecular weight excluding hydrogens is 262 g/mol. The first-order valence-corrected chi connectivity index (χ1v) is 6.19. The van der Waals surface area contributed by atoms with Crippen LogP contribution in [-0.4, -0.2) is 13.3 Å². The summed E-state index contributed by atoms with van der Waals surface area (Å²) in [5.41, 5.74) is 2.04. The van der Waals surface area contributed by atoms with Crippen molar-refractivity contribution in [3.8, 4) is 5.75 Å². The highest BCUT2D eigenvalue weighted by molar-refractivity contribution is 6.30. The van der Waals surface area contributed by atoms with Crippen molar-refractivity contribution in [2.75, 3.05) is 7.11 Å². The molecule has 0 radical (unpaired) electrons. The van der Waals surface area contributed by atoms with E-state index in [1.807, 2.05) is 48.5 Å². The van der Waals surface area contributed by atoms with E-state index in [4.69, 9.17) is 16.3 Å². The maximum absolute atomic E-state index is 5.82. The molecule has 0 saturated heterocycles. The average molecular weight is 276 g/mol. The monoisotopic (exact) mass is 275 g/mol. The molecule has 0 spiro atoms. The first kappa shape index (κ1) is 13.4. The molecule has 0 heterocycles. The summed E-state index contributed by atoms with van der Waals surface area (Å²) in [6, 6.07) is 15.2. The highest BCUT2D eigenvalue weighted by atomic mass is 35.5. The number of rotatable bonds is 5. The number of nitrogens with zero attached hydrogens (tertiary/aromatic N) is 1. The van der Waals surface area contributed by atoms with Gasteiger partial charge in [0.1, 0.15) is 19.5 Å².